The van der Waals surface area contributed by atoms with Crippen LogP contribution < -0.4 is 5.32 Å². The number of pyridine rings is 1. The minimum absolute atomic E-state index is 0.0945. The molecular weight excluding hydrogens is 264 g/mol. The lowest BCUT2D eigenvalue weighted by Crippen LogP contribution is -2.34. The third-order valence-corrected chi connectivity index (χ3v) is 4.27. The zero-order valence-corrected chi connectivity index (χ0v) is 12.8. The number of aliphatic hydroxyl groups is 1. The topological polar surface area (TPSA) is 63.0 Å². The molecular formula is C16H24N4O. The van der Waals surface area contributed by atoms with E-state index < -0.39 is 0 Å². The van der Waals surface area contributed by atoms with Crippen LogP contribution >= 0.6 is 0 Å². The van der Waals surface area contributed by atoms with Gasteiger partial charge in [0.1, 0.15) is 0 Å². The lowest BCUT2D eigenvalue weighted by molar-refractivity contribution is 0.116. The highest BCUT2D eigenvalue weighted by Crippen LogP contribution is 2.20. The monoisotopic (exact) mass is 288 g/mol. The van der Waals surface area contributed by atoms with Gasteiger partial charge in [0.15, 0.2) is 5.65 Å². The number of aromatic nitrogens is 3. The normalized spacial score (nSPS) is 23.0. The van der Waals surface area contributed by atoms with Crippen molar-refractivity contribution in [3.05, 3.63) is 24.0 Å². The van der Waals surface area contributed by atoms with Crippen molar-refractivity contribution in [3.8, 4) is 0 Å². The second-order valence-corrected chi connectivity index (χ2v) is 6.33. The van der Waals surface area contributed by atoms with Crippen molar-refractivity contribution in [2.75, 3.05) is 0 Å². The standard InChI is InChI=1S/C16H24N4O/c1-11(2)20-16-13(10-19-20)7-12(9-18-16)8-17-14-3-5-15(21)6-4-14/h7,9-11,14-15,17,21H,3-6,8H2,1-2H3. The summed E-state index contributed by atoms with van der Waals surface area (Å²) in [6.45, 7) is 5.05. The fourth-order valence-corrected chi connectivity index (χ4v) is 3.00. The van der Waals surface area contributed by atoms with Gasteiger partial charge in [-0.1, -0.05) is 0 Å². The zero-order chi connectivity index (χ0) is 14.8. The van der Waals surface area contributed by atoms with Crippen LogP contribution in [0.3, 0.4) is 0 Å². The molecule has 2 N–H and O–H groups in total. The average Bonchev–Trinajstić information content (AvgIpc) is 2.90. The first-order chi connectivity index (χ1) is 10.1. The summed E-state index contributed by atoms with van der Waals surface area (Å²) in [7, 11) is 0. The van der Waals surface area contributed by atoms with Crippen molar-refractivity contribution < 1.29 is 5.11 Å². The van der Waals surface area contributed by atoms with Gasteiger partial charge in [-0.05, 0) is 51.2 Å². The van der Waals surface area contributed by atoms with E-state index in [4.69, 9.17) is 0 Å². The van der Waals surface area contributed by atoms with Crippen molar-refractivity contribution in [2.45, 2.75) is 64.3 Å². The van der Waals surface area contributed by atoms with E-state index >= 15 is 0 Å². The van der Waals surface area contributed by atoms with Crippen molar-refractivity contribution in [1.29, 1.82) is 0 Å². The van der Waals surface area contributed by atoms with Crippen molar-refractivity contribution in [1.82, 2.24) is 20.1 Å². The maximum atomic E-state index is 9.53. The highest BCUT2D eigenvalue weighted by molar-refractivity contribution is 5.75. The number of hydrogen-bond donors (Lipinski definition) is 2. The Morgan fingerprint density at radius 3 is 2.76 bits per heavy atom. The fourth-order valence-electron chi connectivity index (χ4n) is 3.00. The molecule has 2 aromatic heterocycles. The SMILES string of the molecule is CC(C)n1ncc2cc(CNC3CCC(O)CC3)cnc21. The summed E-state index contributed by atoms with van der Waals surface area (Å²) in [5, 5.41) is 18.6. The van der Waals surface area contributed by atoms with Gasteiger partial charge in [0.05, 0.1) is 12.3 Å². The Hall–Kier alpha value is -1.46. The first kappa shape index (κ1) is 14.5. The van der Waals surface area contributed by atoms with Gasteiger partial charge in [0.25, 0.3) is 0 Å². The van der Waals surface area contributed by atoms with Crippen LogP contribution in [0.2, 0.25) is 0 Å². The Labute approximate surface area is 125 Å². The van der Waals surface area contributed by atoms with Crippen LogP contribution in [0.1, 0.15) is 51.1 Å². The number of nitrogens with zero attached hydrogens (tertiary/aromatic N) is 3. The summed E-state index contributed by atoms with van der Waals surface area (Å²) in [6, 6.07) is 3.01. The Morgan fingerprint density at radius 2 is 2.05 bits per heavy atom. The van der Waals surface area contributed by atoms with E-state index in [-0.39, 0.29) is 6.10 Å². The molecule has 5 nitrogen and oxygen atoms in total. The molecule has 1 saturated carbocycles. The third kappa shape index (κ3) is 3.24. The second kappa shape index (κ2) is 6.12. The Morgan fingerprint density at radius 1 is 1.29 bits per heavy atom. The lowest BCUT2D eigenvalue weighted by Gasteiger charge is -2.26. The summed E-state index contributed by atoms with van der Waals surface area (Å²) >= 11 is 0. The Kier molecular flexibility index (Phi) is 4.22. The van der Waals surface area contributed by atoms with Crippen LogP contribution in [-0.4, -0.2) is 32.0 Å². The molecule has 0 unspecified atom stereocenters. The van der Waals surface area contributed by atoms with Gasteiger partial charge >= 0.3 is 0 Å². The molecule has 1 fully saturated rings. The van der Waals surface area contributed by atoms with E-state index in [1.54, 1.807) is 0 Å². The largest absolute Gasteiger partial charge is 0.393 e. The molecule has 21 heavy (non-hydrogen) atoms. The number of nitrogens with one attached hydrogen (secondary N) is 1. The molecule has 0 atom stereocenters. The quantitative estimate of drug-likeness (QED) is 0.907. The molecule has 0 aliphatic heterocycles. The van der Waals surface area contributed by atoms with Gasteiger partial charge in [-0.25, -0.2) is 9.67 Å². The van der Waals surface area contributed by atoms with Crippen LogP contribution in [0.5, 0.6) is 0 Å². The molecule has 1 aliphatic rings. The molecule has 1 aliphatic carbocycles. The smallest absolute Gasteiger partial charge is 0.157 e. The molecule has 0 saturated heterocycles. The summed E-state index contributed by atoms with van der Waals surface area (Å²) < 4.78 is 1.95. The van der Waals surface area contributed by atoms with Crippen molar-refractivity contribution >= 4 is 11.0 Å². The van der Waals surface area contributed by atoms with Crippen molar-refractivity contribution in [3.63, 3.8) is 0 Å². The summed E-state index contributed by atoms with van der Waals surface area (Å²) in [4.78, 5) is 4.56. The Balaban J connectivity index is 1.65. The maximum absolute atomic E-state index is 9.53. The maximum Gasteiger partial charge on any atom is 0.157 e. The number of hydrogen-bond acceptors (Lipinski definition) is 4. The molecule has 0 amide bonds. The summed E-state index contributed by atoms with van der Waals surface area (Å²) in [5.74, 6) is 0. The van der Waals surface area contributed by atoms with Gasteiger partial charge < -0.3 is 10.4 Å². The van der Waals surface area contributed by atoms with Gasteiger partial charge in [0, 0.05) is 30.2 Å². The van der Waals surface area contributed by atoms with Crippen LogP contribution in [0, 0.1) is 0 Å². The van der Waals surface area contributed by atoms with Gasteiger partial charge in [-0.15, -0.1) is 0 Å². The van der Waals surface area contributed by atoms with Crippen LogP contribution in [0.4, 0.5) is 0 Å². The summed E-state index contributed by atoms with van der Waals surface area (Å²) in [5.41, 5.74) is 2.14. The van der Waals surface area contributed by atoms with E-state index in [0.29, 0.717) is 12.1 Å². The first-order valence-electron chi connectivity index (χ1n) is 7.87. The second-order valence-electron chi connectivity index (χ2n) is 6.33. The first-order valence-corrected chi connectivity index (χ1v) is 7.87. The molecule has 0 aromatic carbocycles. The third-order valence-electron chi connectivity index (χ3n) is 4.27. The molecule has 114 valence electrons. The molecule has 2 aromatic rings. The summed E-state index contributed by atoms with van der Waals surface area (Å²) in [6.07, 6.45) is 7.68. The predicted octanol–water partition coefficient (Wildman–Crippen LogP) is 2.41. The zero-order valence-electron chi connectivity index (χ0n) is 12.8. The van der Waals surface area contributed by atoms with Gasteiger partial charge in [-0.2, -0.15) is 5.10 Å². The van der Waals surface area contributed by atoms with Gasteiger partial charge in [-0.3, -0.25) is 0 Å². The molecule has 0 radical (unpaired) electrons. The highest BCUT2D eigenvalue weighted by atomic mass is 16.3. The molecule has 5 heteroatoms. The minimum atomic E-state index is -0.0945. The number of rotatable bonds is 4. The van der Waals surface area contributed by atoms with E-state index in [9.17, 15) is 5.11 Å². The average molecular weight is 288 g/mol. The van der Waals surface area contributed by atoms with Crippen LogP contribution in [0.15, 0.2) is 18.5 Å². The Bertz CT molecular complexity index is 599. The predicted molar refractivity (Wildman–Crippen MR) is 83.0 cm³/mol. The highest BCUT2D eigenvalue weighted by Gasteiger charge is 2.18. The molecule has 3 rings (SSSR count). The molecule has 0 bridgehead atoms. The van der Waals surface area contributed by atoms with Crippen LogP contribution in [-0.2, 0) is 6.54 Å². The molecule has 0 spiro atoms. The van der Waals surface area contributed by atoms with Gasteiger partial charge in [0.2, 0.25) is 0 Å². The molecule has 2 heterocycles. The number of aliphatic hydroxyl groups excluding tert-OH is 1. The lowest BCUT2D eigenvalue weighted by atomic mass is 9.93. The van der Waals surface area contributed by atoms with E-state index in [2.05, 4.69) is 35.3 Å². The minimum Gasteiger partial charge on any atom is -0.393 e. The van der Waals surface area contributed by atoms with E-state index in [1.807, 2.05) is 17.1 Å². The fraction of sp³-hybridized carbons (Fsp3) is 0.625. The van der Waals surface area contributed by atoms with E-state index in [1.165, 1.54) is 5.56 Å². The van der Waals surface area contributed by atoms with Crippen molar-refractivity contribution in [2.24, 2.45) is 0 Å². The number of fused-ring (bicyclic) bond motifs is 1. The van der Waals surface area contributed by atoms with Crippen LogP contribution in [0.25, 0.3) is 11.0 Å². The van der Waals surface area contributed by atoms with E-state index in [0.717, 1.165) is 43.3 Å².